The topological polar surface area (TPSA) is 21.3 Å². The van der Waals surface area contributed by atoms with Gasteiger partial charge < -0.3 is 10.1 Å². The number of hydrogen-bond acceptors (Lipinski definition) is 2. The Hall–Kier alpha value is 0.400. The van der Waals surface area contributed by atoms with Crippen LogP contribution >= 0.6 is 17.0 Å². The van der Waals surface area contributed by atoms with Crippen LogP contribution in [-0.2, 0) is 4.74 Å². The third-order valence-corrected chi connectivity index (χ3v) is 1.65. The molecule has 0 aromatic heterocycles. The molecular weight excluding hydrogens is 182 g/mol. The van der Waals surface area contributed by atoms with Crippen LogP contribution in [0.4, 0.5) is 0 Å². The van der Waals surface area contributed by atoms with E-state index in [2.05, 4.69) is 19.2 Å². The molecule has 0 unspecified atom stereocenters. The highest BCUT2D eigenvalue weighted by Crippen LogP contribution is 2.00. The third kappa shape index (κ3) is 2.65. The Labute approximate surface area is 66.7 Å². The fraction of sp³-hybridized carbons (Fsp3) is 1.00. The lowest BCUT2D eigenvalue weighted by atomic mass is 10.2. The molecule has 1 N–H and O–H groups in total. The van der Waals surface area contributed by atoms with Crippen molar-refractivity contribution in [1.29, 1.82) is 0 Å². The molecule has 1 aliphatic rings. The van der Waals surface area contributed by atoms with E-state index in [-0.39, 0.29) is 17.0 Å². The molecule has 9 heavy (non-hydrogen) atoms. The second-order valence-electron chi connectivity index (χ2n) is 2.32. The van der Waals surface area contributed by atoms with Gasteiger partial charge in [-0.05, 0) is 13.8 Å². The smallest absolute Gasteiger partial charge is 0.0697 e. The molecule has 1 fully saturated rings. The highest BCUT2D eigenvalue weighted by Gasteiger charge is 2.15. The number of hydrogen-bond donors (Lipinski definition) is 1. The minimum absolute atomic E-state index is 0. The molecule has 56 valence electrons. The van der Waals surface area contributed by atoms with E-state index in [1.165, 1.54) is 0 Å². The molecule has 1 aliphatic heterocycles. The second kappa shape index (κ2) is 4.25. The summed E-state index contributed by atoms with van der Waals surface area (Å²) in [4.78, 5) is 0. The molecule has 0 aromatic rings. The fourth-order valence-electron chi connectivity index (χ4n) is 0.842. The predicted molar refractivity (Wildman–Crippen MR) is 43.2 cm³/mol. The lowest BCUT2D eigenvalue weighted by Crippen LogP contribution is -2.44. The van der Waals surface area contributed by atoms with Crippen molar-refractivity contribution in [3.63, 3.8) is 0 Å². The van der Waals surface area contributed by atoms with Gasteiger partial charge in [0.25, 0.3) is 0 Å². The zero-order chi connectivity index (χ0) is 5.98. The fourth-order valence-corrected chi connectivity index (χ4v) is 0.842. The summed E-state index contributed by atoms with van der Waals surface area (Å²) in [5.41, 5.74) is 0. The van der Waals surface area contributed by atoms with Crippen molar-refractivity contribution in [2.24, 2.45) is 0 Å². The summed E-state index contributed by atoms with van der Waals surface area (Å²) in [7, 11) is 0. The Kier molecular flexibility index (Phi) is 4.44. The number of morpholine rings is 1. The van der Waals surface area contributed by atoms with Crippen LogP contribution in [0.3, 0.4) is 0 Å². The molecule has 0 aromatic carbocycles. The molecule has 2 nitrogen and oxygen atoms in total. The standard InChI is InChI=1S/C6H13NO.BrH/c1-5-6(2)8-4-3-7-5;/h5-7H,3-4H2,1-2H3;1H/t5-,6-;/m0./s1. The normalized spacial score (nSPS) is 35.3. The molecule has 0 saturated carbocycles. The van der Waals surface area contributed by atoms with Gasteiger partial charge in [0.15, 0.2) is 0 Å². The predicted octanol–water partition coefficient (Wildman–Crippen LogP) is 0.961. The molecule has 0 radical (unpaired) electrons. The lowest BCUT2D eigenvalue weighted by molar-refractivity contribution is 0.0135. The van der Waals surface area contributed by atoms with Gasteiger partial charge in [0.2, 0.25) is 0 Å². The van der Waals surface area contributed by atoms with Gasteiger partial charge in [-0.1, -0.05) is 0 Å². The average molecular weight is 196 g/mol. The number of rotatable bonds is 0. The Morgan fingerprint density at radius 3 is 2.44 bits per heavy atom. The van der Waals surface area contributed by atoms with E-state index in [0.29, 0.717) is 12.1 Å². The van der Waals surface area contributed by atoms with Crippen LogP contribution in [0.5, 0.6) is 0 Å². The van der Waals surface area contributed by atoms with Crippen molar-refractivity contribution in [1.82, 2.24) is 5.32 Å². The van der Waals surface area contributed by atoms with Gasteiger partial charge in [0.05, 0.1) is 12.7 Å². The van der Waals surface area contributed by atoms with E-state index in [1.807, 2.05) is 0 Å². The second-order valence-corrected chi connectivity index (χ2v) is 2.32. The molecule has 1 heterocycles. The van der Waals surface area contributed by atoms with Crippen LogP contribution in [0.25, 0.3) is 0 Å². The summed E-state index contributed by atoms with van der Waals surface area (Å²) in [6.07, 6.45) is 0.392. The van der Waals surface area contributed by atoms with Gasteiger partial charge in [-0.25, -0.2) is 0 Å². The summed E-state index contributed by atoms with van der Waals surface area (Å²) in [5.74, 6) is 0. The molecule has 3 heteroatoms. The molecule has 0 bridgehead atoms. The van der Waals surface area contributed by atoms with Crippen LogP contribution in [0.2, 0.25) is 0 Å². The summed E-state index contributed by atoms with van der Waals surface area (Å²) in [6, 6.07) is 0.531. The zero-order valence-corrected chi connectivity index (χ0v) is 7.60. The van der Waals surface area contributed by atoms with Crippen LogP contribution in [0.15, 0.2) is 0 Å². The van der Waals surface area contributed by atoms with Crippen molar-refractivity contribution in [3.05, 3.63) is 0 Å². The van der Waals surface area contributed by atoms with E-state index in [4.69, 9.17) is 4.74 Å². The monoisotopic (exact) mass is 195 g/mol. The zero-order valence-electron chi connectivity index (χ0n) is 5.89. The molecular formula is C6H14BrNO. The summed E-state index contributed by atoms with van der Waals surface area (Å²) in [5, 5.41) is 3.31. The minimum atomic E-state index is 0. The first-order chi connectivity index (χ1) is 3.80. The van der Waals surface area contributed by atoms with Crippen molar-refractivity contribution in [2.75, 3.05) is 13.2 Å². The number of halogens is 1. The molecule has 1 saturated heterocycles. The largest absolute Gasteiger partial charge is 0.376 e. The molecule has 0 amide bonds. The van der Waals surface area contributed by atoms with Gasteiger partial charge in [-0.15, -0.1) is 17.0 Å². The average Bonchev–Trinajstić information content (AvgIpc) is 1.77. The van der Waals surface area contributed by atoms with Gasteiger partial charge in [-0.2, -0.15) is 0 Å². The van der Waals surface area contributed by atoms with E-state index < -0.39 is 0 Å². The molecule has 1 rings (SSSR count). The lowest BCUT2D eigenvalue weighted by Gasteiger charge is -2.26. The van der Waals surface area contributed by atoms with Crippen LogP contribution < -0.4 is 5.32 Å². The van der Waals surface area contributed by atoms with E-state index in [0.717, 1.165) is 13.2 Å². The van der Waals surface area contributed by atoms with Gasteiger partial charge in [-0.3, -0.25) is 0 Å². The Morgan fingerprint density at radius 2 is 2.11 bits per heavy atom. The van der Waals surface area contributed by atoms with Crippen molar-refractivity contribution >= 4 is 17.0 Å². The molecule has 2 atom stereocenters. The molecule has 0 aliphatic carbocycles. The van der Waals surface area contributed by atoms with Gasteiger partial charge in [0.1, 0.15) is 0 Å². The van der Waals surface area contributed by atoms with Crippen molar-refractivity contribution < 1.29 is 4.74 Å². The van der Waals surface area contributed by atoms with E-state index in [1.54, 1.807) is 0 Å². The SMILES string of the molecule is Br.C[C@@H]1NCCO[C@H]1C. The first kappa shape index (κ1) is 9.40. The maximum Gasteiger partial charge on any atom is 0.0697 e. The number of ether oxygens (including phenoxy) is 1. The highest BCUT2D eigenvalue weighted by atomic mass is 79.9. The summed E-state index contributed by atoms with van der Waals surface area (Å²) < 4.78 is 5.33. The van der Waals surface area contributed by atoms with E-state index >= 15 is 0 Å². The minimum Gasteiger partial charge on any atom is -0.376 e. The first-order valence-corrected chi connectivity index (χ1v) is 3.15. The third-order valence-electron chi connectivity index (χ3n) is 1.65. The Bertz CT molecular complexity index is 69.5. The highest BCUT2D eigenvalue weighted by molar-refractivity contribution is 8.93. The van der Waals surface area contributed by atoms with Crippen LogP contribution in [0.1, 0.15) is 13.8 Å². The number of nitrogens with one attached hydrogen (secondary N) is 1. The first-order valence-electron chi connectivity index (χ1n) is 3.15. The quantitative estimate of drug-likeness (QED) is 0.623. The Morgan fingerprint density at radius 1 is 1.44 bits per heavy atom. The molecule has 0 spiro atoms. The summed E-state index contributed by atoms with van der Waals surface area (Å²) >= 11 is 0. The van der Waals surface area contributed by atoms with Crippen LogP contribution in [0, 0.1) is 0 Å². The van der Waals surface area contributed by atoms with E-state index in [9.17, 15) is 0 Å². The van der Waals surface area contributed by atoms with Gasteiger partial charge in [0, 0.05) is 12.6 Å². The van der Waals surface area contributed by atoms with Gasteiger partial charge >= 0.3 is 0 Å². The Balaban J connectivity index is 0.000000640. The maximum atomic E-state index is 5.33. The maximum absolute atomic E-state index is 5.33. The van der Waals surface area contributed by atoms with Crippen molar-refractivity contribution in [2.45, 2.75) is 26.0 Å². The summed E-state index contributed by atoms with van der Waals surface area (Å²) in [6.45, 7) is 6.11. The van der Waals surface area contributed by atoms with Crippen LogP contribution in [-0.4, -0.2) is 25.3 Å². The van der Waals surface area contributed by atoms with Crippen molar-refractivity contribution in [3.8, 4) is 0 Å².